The van der Waals surface area contributed by atoms with E-state index >= 15 is 0 Å². The molecule has 1 aromatic rings. The fourth-order valence-electron chi connectivity index (χ4n) is 1.92. The number of likely N-dealkylation sites (N-methyl/N-ethyl adjacent to an activating group) is 1. The van der Waals surface area contributed by atoms with Gasteiger partial charge in [-0.15, -0.1) is 0 Å². The summed E-state index contributed by atoms with van der Waals surface area (Å²) in [5.74, 6) is 0.251. The minimum Gasteiger partial charge on any atom is -0.314 e. The molecule has 1 rings (SSSR count). The molecule has 0 saturated carbocycles. The lowest BCUT2D eigenvalue weighted by molar-refractivity contribution is -0.385. The summed E-state index contributed by atoms with van der Waals surface area (Å²) in [6, 6.07) is 3.61. The van der Waals surface area contributed by atoms with Gasteiger partial charge >= 0.3 is 0 Å². The maximum atomic E-state index is 10.5. The van der Waals surface area contributed by atoms with Gasteiger partial charge in [0.2, 0.25) is 0 Å². The van der Waals surface area contributed by atoms with E-state index in [4.69, 9.17) is 0 Å². The normalized spacial score (nSPS) is 14.3. The molecule has 1 N–H and O–H groups in total. The second-order valence-electron chi connectivity index (χ2n) is 4.06. The first kappa shape index (κ1) is 13.6. The molecule has 1 heterocycles. The van der Waals surface area contributed by atoms with Crippen molar-refractivity contribution in [2.24, 2.45) is 0 Å². The third-order valence-electron chi connectivity index (χ3n) is 2.96. The Labute approximate surface area is 101 Å². The van der Waals surface area contributed by atoms with Gasteiger partial charge in [-0.3, -0.25) is 15.1 Å². The Balaban J connectivity index is 2.81. The molecule has 0 amide bonds. The van der Waals surface area contributed by atoms with Crippen LogP contribution >= 0.6 is 0 Å². The SMILES string of the molecule is CCNC(CC)C(C)c1ccc([N+](=O)[O-])cn1. The van der Waals surface area contributed by atoms with Crippen LogP contribution in [0, 0.1) is 10.1 Å². The Hall–Kier alpha value is -1.49. The van der Waals surface area contributed by atoms with Crippen molar-refractivity contribution >= 4 is 5.69 Å². The zero-order valence-corrected chi connectivity index (χ0v) is 10.5. The molecule has 2 atom stereocenters. The Morgan fingerprint density at radius 2 is 2.18 bits per heavy atom. The first-order chi connectivity index (χ1) is 8.10. The van der Waals surface area contributed by atoms with Crippen molar-refractivity contribution < 1.29 is 4.92 Å². The van der Waals surface area contributed by atoms with E-state index in [1.807, 2.05) is 0 Å². The summed E-state index contributed by atoms with van der Waals surface area (Å²) < 4.78 is 0. The van der Waals surface area contributed by atoms with Gasteiger partial charge in [0.15, 0.2) is 0 Å². The Kier molecular flexibility index (Phi) is 5.03. The average molecular weight is 237 g/mol. The zero-order chi connectivity index (χ0) is 12.8. The monoisotopic (exact) mass is 237 g/mol. The number of nitrogens with one attached hydrogen (secondary N) is 1. The number of nitrogens with zero attached hydrogens (tertiary/aromatic N) is 2. The van der Waals surface area contributed by atoms with Gasteiger partial charge in [0, 0.05) is 23.7 Å². The standard InChI is InChI=1S/C12H19N3O2/c1-4-11(13-5-2)9(3)12-7-6-10(8-14-12)15(16)17/h6-9,11,13H,4-5H2,1-3H3. The van der Waals surface area contributed by atoms with E-state index in [0.717, 1.165) is 18.7 Å². The molecule has 0 bridgehead atoms. The van der Waals surface area contributed by atoms with Crippen molar-refractivity contribution in [3.8, 4) is 0 Å². The zero-order valence-electron chi connectivity index (χ0n) is 10.5. The van der Waals surface area contributed by atoms with E-state index < -0.39 is 4.92 Å². The highest BCUT2D eigenvalue weighted by molar-refractivity contribution is 5.28. The number of aromatic nitrogens is 1. The summed E-state index contributed by atoms with van der Waals surface area (Å²) in [5.41, 5.74) is 0.931. The number of nitro groups is 1. The Bertz CT molecular complexity index is 365. The van der Waals surface area contributed by atoms with Crippen LogP contribution in [0.5, 0.6) is 0 Å². The van der Waals surface area contributed by atoms with Crippen LogP contribution in [0.25, 0.3) is 0 Å². The molecule has 1 aromatic heterocycles. The minimum atomic E-state index is -0.428. The van der Waals surface area contributed by atoms with Crippen LogP contribution in [0.3, 0.4) is 0 Å². The van der Waals surface area contributed by atoms with Crippen LogP contribution in [0.2, 0.25) is 0 Å². The van der Waals surface area contributed by atoms with E-state index in [9.17, 15) is 10.1 Å². The molecule has 0 aromatic carbocycles. The van der Waals surface area contributed by atoms with Gasteiger partial charge in [-0.2, -0.15) is 0 Å². The molecule has 0 aliphatic carbocycles. The van der Waals surface area contributed by atoms with Crippen LogP contribution < -0.4 is 5.32 Å². The molecule has 5 nitrogen and oxygen atoms in total. The summed E-state index contributed by atoms with van der Waals surface area (Å²) in [6.07, 6.45) is 2.33. The van der Waals surface area contributed by atoms with Gasteiger partial charge < -0.3 is 5.32 Å². The first-order valence-corrected chi connectivity index (χ1v) is 5.93. The Morgan fingerprint density at radius 1 is 1.47 bits per heavy atom. The van der Waals surface area contributed by atoms with Gasteiger partial charge in [0.25, 0.3) is 5.69 Å². The summed E-state index contributed by atoms with van der Waals surface area (Å²) in [7, 11) is 0. The van der Waals surface area contributed by atoms with Crippen LogP contribution in [0.15, 0.2) is 18.3 Å². The number of rotatable bonds is 6. The maximum Gasteiger partial charge on any atom is 0.287 e. The van der Waals surface area contributed by atoms with Crippen LogP contribution in [-0.4, -0.2) is 22.5 Å². The molecule has 94 valence electrons. The van der Waals surface area contributed by atoms with Crippen LogP contribution in [-0.2, 0) is 0 Å². The lowest BCUT2D eigenvalue weighted by atomic mass is 9.95. The summed E-state index contributed by atoms with van der Waals surface area (Å²) in [5, 5.41) is 13.9. The third kappa shape index (κ3) is 3.49. The molecule has 0 aliphatic heterocycles. The van der Waals surface area contributed by atoms with E-state index in [2.05, 4.69) is 31.1 Å². The maximum absolute atomic E-state index is 10.5. The highest BCUT2D eigenvalue weighted by atomic mass is 16.6. The Morgan fingerprint density at radius 3 is 2.59 bits per heavy atom. The highest BCUT2D eigenvalue weighted by Crippen LogP contribution is 2.21. The third-order valence-corrected chi connectivity index (χ3v) is 2.96. The van der Waals surface area contributed by atoms with Gasteiger partial charge in [-0.1, -0.05) is 20.8 Å². The summed E-state index contributed by atoms with van der Waals surface area (Å²) in [4.78, 5) is 14.3. The van der Waals surface area contributed by atoms with Crippen molar-refractivity contribution in [1.29, 1.82) is 0 Å². The number of hydrogen-bond donors (Lipinski definition) is 1. The van der Waals surface area contributed by atoms with E-state index in [0.29, 0.717) is 6.04 Å². The predicted octanol–water partition coefficient (Wildman–Crippen LogP) is 2.48. The lowest BCUT2D eigenvalue weighted by Gasteiger charge is -2.22. The molecular formula is C12H19N3O2. The van der Waals surface area contributed by atoms with Crippen molar-refractivity contribution in [3.63, 3.8) is 0 Å². The van der Waals surface area contributed by atoms with Gasteiger partial charge in [0.05, 0.1) is 4.92 Å². The number of pyridine rings is 1. The predicted molar refractivity (Wildman–Crippen MR) is 67.1 cm³/mol. The second-order valence-corrected chi connectivity index (χ2v) is 4.06. The largest absolute Gasteiger partial charge is 0.314 e. The van der Waals surface area contributed by atoms with Crippen LogP contribution in [0.1, 0.15) is 38.8 Å². The molecule has 0 saturated heterocycles. The highest BCUT2D eigenvalue weighted by Gasteiger charge is 2.18. The van der Waals surface area contributed by atoms with Crippen molar-refractivity contribution in [2.75, 3.05) is 6.54 Å². The fraction of sp³-hybridized carbons (Fsp3) is 0.583. The van der Waals surface area contributed by atoms with Crippen LogP contribution in [0.4, 0.5) is 5.69 Å². The van der Waals surface area contributed by atoms with Gasteiger partial charge in [-0.05, 0) is 19.0 Å². The van der Waals surface area contributed by atoms with Gasteiger partial charge in [-0.25, -0.2) is 0 Å². The van der Waals surface area contributed by atoms with Gasteiger partial charge in [0.1, 0.15) is 6.20 Å². The molecular weight excluding hydrogens is 218 g/mol. The molecule has 5 heteroatoms. The smallest absolute Gasteiger partial charge is 0.287 e. The molecule has 0 radical (unpaired) electrons. The molecule has 17 heavy (non-hydrogen) atoms. The topological polar surface area (TPSA) is 68.1 Å². The average Bonchev–Trinajstić information content (AvgIpc) is 2.35. The van der Waals surface area contributed by atoms with E-state index in [-0.39, 0.29) is 11.6 Å². The molecule has 0 aliphatic rings. The summed E-state index contributed by atoms with van der Waals surface area (Å²) in [6.45, 7) is 7.19. The quantitative estimate of drug-likeness (QED) is 0.609. The second kappa shape index (κ2) is 6.30. The van der Waals surface area contributed by atoms with Crippen molar-refractivity contribution in [2.45, 2.75) is 39.2 Å². The first-order valence-electron chi connectivity index (χ1n) is 5.93. The summed E-state index contributed by atoms with van der Waals surface area (Å²) >= 11 is 0. The molecule has 2 unspecified atom stereocenters. The lowest BCUT2D eigenvalue weighted by Crippen LogP contribution is -2.33. The van der Waals surface area contributed by atoms with Crippen molar-refractivity contribution in [1.82, 2.24) is 10.3 Å². The minimum absolute atomic E-state index is 0.0393. The molecule has 0 fully saturated rings. The van der Waals surface area contributed by atoms with E-state index in [1.54, 1.807) is 6.07 Å². The van der Waals surface area contributed by atoms with E-state index in [1.165, 1.54) is 12.3 Å². The van der Waals surface area contributed by atoms with Crippen molar-refractivity contribution in [3.05, 3.63) is 34.1 Å². The number of hydrogen-bond acceptors (Lipinski definition) is 4. The fourth-order valence-corrected chi connectivity index (χ4v) is 1.92. The molecule has 0 spiro atoms.